The molecule has 0 N–H and O–H groups in total. The smallest absolute Gasteiger partial charge is 0.342 e. The molecule has 0 saturated heterocycles. The first-order valence-corrected chi connectivity index (χ1v) is 6.40. The zero-order chi connectivity index (χ0) is 15.4. The number of hydrogen-bond acceptors (Lipinski definition) is 6. The molecule has 1 aromatic heterocycles. The molecule has 1 heterocycles. The van der Waals surface area contributed by atoms with E-state index in [0.29, 0.717) is 11.5 Å². The first-order chi connectivity index (χ1) is 10.7. The summed E-state index contributed by atoms with van der Waals surface area (Å²) in [5.41, 5.74) is 1.54. The van der Waals surface area contributed by atoms with Crippen LogP contribution < -0.4 is 0 Å². The van der Waals surface area contributed by atoms with Gasteiger partial charge in [-0.3, -0.25) is 10.1 Å². The van der Waals surface area contributed by atoms with E-state index in [1.165, 1.54) is 18.3 Å². The Balaban J connectivity index is 1.76. The van der Waals surface area contributed by atoms with Gasteiger partial charge in [-0.2, -0.15) is 0 Å². The van der Waals surface area contributed by atoms with Crippen molar-refractivity contribution in [3.05, 3.63) is 70.3 Å². The number of benzene rings is 2. The summed E-state index contributed by atoms with van der Waals surface area (Å²) in [6.45, 7) is 0. The van der Waals surface area contributed by atoms with Crippen LogP contribution >= 0.6 is 0 Å². The van der Waals surface area contributed by atoms with Gasteiger partial charge in [-0.15, -0.1) is 5.10 Å². The number of rotatable bonds is 4. The number of aliphatic imine (C=N–C) groups is 1. The van der Waals surface area contributed by atoms with Crippen LogP contribution in [0.3, 0.4) is 0 Å². The van der Waals surface area contributed by atoms with Crippen molar-refractivity contribution in [3.8, 4) is 11.5 Å². The standard InChI is InChI=1S/C15H10N4O3/c20-19(21)13-8-6-11(7-9-13)10-16-15-18-17-14(22-15)12-4-2-1-3-5-12/h1-10H. The van der Waals surface area contributed by atoms with Gasteiger partial charge in [-0.1, -0.05) is 23.3 Å². The highest BCUT2D eigenvalue weighted by Gasteiger charge is 2.07. The Labute approximate surface area is 125 Å². The number of nitro benzene ring substituents is 1. The third-order valence-electron chi connectivity index (χ3n) is 2.86. The Bertz CT molecular complexity index is 810. The van der Waals surface area contributed by atoms with E-state index in [1.807, 2.05) is 30.3 Å². The van der Waals surface area contributed by atoms with E-state index < -0.39 is 4.92 Å². The van der Waals surface area contributed by atoms with Crippen molar-refractivity contribution in [1.29, 1.82) is 0 Å². The van der Waals surface area contributed by atoms with E-state index >= 15 is 0 Å². The first-order valence-electron chi connectivity index (χ1n) is 6.40. The summed E-state index contributed by atoms with van der Waals surface area (Å²) in [5, 5.41) is 18.3. The van der Waals surface area contributed by atoms with Crippen molar-refractivity contribution in [2.45, 2.75) is 0 Å². The van der Waals surface area contributed by atoms with Crippen molar-refractivity contribution in [1.82, 2.24) is 10.2 Å². The van der Waals surface area contributed by atoms with Crippen molar-refractivity contribution in [3.63, 3.8) is 0 Å². The zero-order valence-electron chi connectivity index (χ0n) is 11.3. The molecule has 0 atom stereocenters. The predicted octanol–water partition coefficient (Wildman–Crippen LogP) is 3.40. The van der Waals surface area contributed by atoms with E-state index in [0.717, 1.165) is 5.56 Å². The van der Waals surface area contributed by atoms with Gasteiger partial charge in [0.25, 0.3) is 5.69 Å². The zero-order valence-corrected chi connectivity index (χ0v) is 11.3. The first kappa shape index (κ1) is 13.6. The molecule has 0 bridgehead atoms. The molecule has 7 heteroatoms. The van der Waals surface area contributed by atoms with E-state index in [1.54, 1.807) is 12.1 Å². The number of non-ortho nitro benzene ring substituents is 1. The lowest BCUT2D eigenvalue weighted by Gasteiger charge is -1.92. The van der Waals surface area contributed by atoms with Gasteiger partial charge in [0, 0.05) is 23.9 Å². The number of nitrogens with zero attached hydrogens (tertiary/aromatic N) is 4. The molecule has 0 spiro atoms. The highest BCUT2D eigenvalue weighted by atomic mass is 16.6. The minimum absolute atomic E-state index is 0.0290. The van der Waals surface area contributed by atoms with Gasteiger partial charge in [-0.25, -0.2) is 4.99 Å². The molecule has 0 aliphatic carbocycles. The van der Waals surface area contributed by atoms with Crippen LogP contribution in [0.25, 0.3) is 11.5 Å². The van der Waals surface area contributed by atoms with E-state index in [2.05, 4.69) is 15.2 Å². The summed E-state index contributed by atoms with van der Waals surface area (Å²) in [6, 6.07) is 15.5. The van der Waals surface area contributed by atoms with Crippen LogP contribution in [0.4, 0.5) is 11.7 Å². The number of hydrogen-bond donors (Lipinski definition) is 0. The third-order valence-corrected chi connectivity index (χ3v) is 2.86. The second kappa shape index (κ2) is 5.96. The van der Waals surface area contributed by atoms with Crippen LogP contribution in [0.15, 0.2) is 64.0 Å². The fourth-order valence-electron chi connectivity index (χ4n) is 1.78. The van der Waals surface area contributed by atoms with Crippen molar-refractivity contribution < 1.29 is 9.34 Å². The van der Waals surface area contributed by atoms with Gasteiger partial charge in [-0.05, 0) is 29.8 Å². The van der Waals surface area contributed by atoms with Crippen LogP contribution in [0.2, 0.25) is 0 Å². The van der Waals surface area contributed by atoms with Gasteiger partial charge in [0.2, 0.25) is 5.89 Å². The van der Waals surface area contributed by atoms with Crippen LogP contribution in [0.1, 0.15) is 5.56 Å². The topological polar surface area (TPSA) is 94.4 Å². The van der Waals surface area contributed by atoms with Crippen molar-refractivity contribution >= 4 is 17.9 Å². The normalized spacial score (nSPS) is 10.9. The summed E-state index contributed by atoms with van der Waals surface area (Å²) in [4.78, 5) is 14.2. The SMILES string of the molecule is O=[N+]([O-])c1ccc(C=Nc2nnc(-c3ccccc3)o2)cc1. The maximum atomic E-state index is 10.6. The highest BCUT2D eigenvalue weighted by Crippen LogP contribution is 2.20. The third kappa shape index (κ3) is 3.04. The largest absolute Gasteiger partial charge is 0.402 e. The Morgan fingerprint density at radius 2 is 1.77 bits per heavy atom. The lowest BCUT2D eigenvalue weighted by Crippen LogP contribution is -1.88. The number of nitro groups is 1. The summed E-state index contributed by atoms with van der Waals surface area (Å²) < 4.78 is 5.43. The monoisotopic (exact) mass is 294 g/mol. The predicted molar refractivity (Wildman–Crippen MR) is 80.1 cm³/mol. The lowest BCUT2D eigenvalue weighted by molar-refractivity contribution is -0.384. The molecule has 0 aliphatic heterocycles. The van der Waals surface area contributed by atoms with Crippen molar-refractivity contribution in [2.24, 2.45) is 4.99 Å². The Morgan fingerprint density at radius 1 is 1.05 bits per heavy atom. The molecule has 2 aromatic carbocycles. The van der Waals surface area contributed by atoms with Crippen LogP contribution in [0.5, 0.6) is 0 Å². The molecule has 0 amide bonds. The fraction of sp³-hybridized carbons (Fsp3) is 0. The van der Waals surface area contributed by atoms with Gasteiger partial charge < -0.3 is 4.42 Å². The minimum Gasteiger partial charge on any atom is -0.402 e. The van der Waals surface area contributed by atoms with E-state index in [9.17, 15) is 10.1 Å². The summed E-state index contributed by atoms with van der Waals surface area (Å²) in [7, 11) is 0. The molecule has 0 saturated carbocycles. The van der Waals surface area contributed by atoms with Crippen LogP contribution in [0, 0.1) is 10.1 Å². The Morgan fingerprint density at radius 3 is 2.45 bits per heavy atom. The summed E-state index contributed by atoms with van der Waals surface area (Å²) >= 11 is 0. The maximum absolute atomic E-state index is 10.6. The molecular weight excluding hydrogens is 284 g/mol. The summed E-state index contributed by atoms with van der Waals surface area (Å²) in [6.07, 6.45) is 1.51. The van der Waals surface area contributed by atoms with E-state index in [-0.39, 0.29) is 11.7 Å². The molecule has 22 heavy (non-hydrogen) atoms. The highest BCUT2D eigenvalue weighted by molar-refractivity contribution is 5.81. The molecular formula is C15H10N4O3. The van der Waals surface area contributed by atoms with Crippen LogP contribution in [-0.4, -0.2) is 21.3 Å². The van der Waals surface area contributed by atoms with Crippen LogP contribution in [-0.2, 0) is 0 Å². The average Bonchev–Trinajstić information content (AvgIpc) is 3.03. The molecule has 3 aromatic rings. The molecule has 0 fully saturated rings. The van der Waals surface area contributed by atoms with Gasteiger partial charge >= 0.3 is 6.01 Å². The fourth-order valence-corrected chi connectivity index (χ4v) is 1.78. The second-order valence-corrected chi connectivity index (χ2v) is 4.36. The lowest BCUT2D eigenvalue weighted by atomic mass is 10.2. The minimum atomic E-state index is -0.453. The molecule has 3 rings (SSSR count). The quantitative estimate of drug-likeness (QED) is 0.417. The Kier molecular flexibility index (Phi) is 3.69. The molecule has 0 unspecified atom stereocenters. The Hall–Kier alpha value is -3.35. The summed E-state index contributed by atoms with van der Waals surface area (Å²) in [5.74, 6) is 0.386. The number of aromatic nitrogens is 2. The van der Waals surface area contributed by atoms with Gasteiger partial charge in [0.15, 0.2) is 0 Å². The molecule has 108 valence electrons. The maximum Gasteiger partial charge on any atom is 0.342 e. The van der Waals surface area contributed by atoms with Gasteiger partial charge in [0.1, 0.15) is 0 Å². The van der Waals surface area contributed by atoms with E-state index in [4.69, 9.17) is 4.42 Å². The molecule has 0 radical (unpaired) electrons. The average molecular weight is 294 g/mol. The van der Waals surface area contributed by atoms with Crippen molar-refractivity contribution in [2.75, 3.05) is 0 Å². The molecule has 0 aliphatic rings. The van der Waals surface area contributed by atoms with Gasteiger partial charge in [0.05, 0.1) is 4.92 Å². The molecule has 7 nitrogen and oxygen atoms in total. The second-order valence-electron chi connectivity index (χ2n) is 4.36.